The molecule has 0 N–H and O–H groups in total. The lowest BCUT2D eigenvalue weighted by Crippen LogP contribution is -2.44. The average molecular weight is 232 g/mol. The lowest BCUT2D eigenvalue weighted by atomic mass is 9.89. The number of amides is 1. The fraction of sp³-hybridized carbons (Fsp3) is 0.385. The van der Waals surface area contributed by atoms with Gasteiger partial charge in [-0.25, -0.2) is 4.39 Å². The summed E-state index contributed by atoms with van der Waals surface area (Å²) in [6.45, 7) is 3.66. The Hall–Kier alpha value is -1.89. The van der Waals surface area contributed by atoms with Crippen LogP contribution < -0.4 is 4.90 Å². The molecule has 1 amide bonds. The number of hydrogen-bond acceptors (Lipinski definition) is 2. The summed E-state index contributed by atoms with van der Waals surface area (Å²) < 4.78 is 13.2. The van der Waals surface area contributed by atoms with Crippen molar-refractivity contribution in [3.63, 3.8) is 0 Å². The molecule has 1 atom stereocenters. The molecule has 4 heteroatoms. The molecule has 0 aromatic heterocycles. The third-order valence-electron chi connectivity index (χ3n) is 3.28. The summed E-state index contributed by atoms with van der Waals surface area (Å²) in [5.41, 5.74) is -0.0858. The molecule has 0 radical (unpaired) electrons. The molecule has 2 rings (SSSR count). The summed E-state index contributed by atoms with van der Waals surface area (Å²) >= 11 is 0. The number of halogens is 1. The second kappa shape index (κ2) is 3.85. The summed E-state index contributed by atoms with van der Waals surface area (Å²) in [4.78, 5) is 13.4. The van der Waals surface area contributed by atoms with E-state index in [4.69, 9.17) is 5.26 Å². The Morgan fingerprint density at radius 1 is 1.53 bits per heavy atom. The van der Waals surface area contributed by atoms with Gasteiger partial charge < -0.3 is 4.90 Å². The molecule has 17 heavy (non-hydrogen) atoms. The minimum atomic E-state index is -0.598. The first-order valence-corrected chi connectivity index (χ1v) is 5.45. The van der Waals surface area contributed by atoms with E-state index in [2.05, 4.69) is 6.07 Å². The van der Waals surface area contributed by atoms with Crippen LogP contribution in [0.3, 0.4) is 0 Å². The van der Waals surface area contributed by atoms with Gasteiger partial charge in [-0.05, 0) is 32.0 Å². The van der Waals surface area contributed by atoms with E-state index in [0.29, 0.717) is 5.69 Å². The topological polar surface area (TPSA) is 44.1 Å². The monoisotopic (exact) mass is 232 g/mol. The third kappa shape index (κ3) is 1.78. The molecule has 1 fully saturated rings. The number of rotatable bonds is 1. The maximum absolute atomic E-state index is 13.2. The molecule has 1 saturated heterocycles. The van der Waals surface area contributed by atoms with E-state index in [-0.39, 0.29) is 24.1 Å². The highest BCUT2D eigenvalue weighted by molar-refractivity contribution is 5.98. The number of hydrogen-bond donors (Lipinski definition) is 0. The number of carbonyl (C=O) groups is 1. The Morgan fingerprint density at radius 2 is 2.24 bits per heavy atom. The zero-order valence-electron chi connectivity index (χ0n) is 9.77. The quantitative estimate of drug-likeness (QED) is 0.746. The summed E-state index contributed by atoms with van der Waals surface area (Å²) in [5, 5.41) is 9.04. The zero-order chi connectivity index (χ0) is 12.6. The molecule has 1 aliphatic rings. The van der Waals surface area contributed by atoms with Crippen molar-refractivity contribution in [3.8, 4) is 6.07 Å². The van der Waals surface area contributed by atoms with E-state index in [1.807, 2.05) is 13.8 Å². The normalized spacial score (nSPS) is 22.6. The molecule has 0 aliphatic carbocycles. The molecule has 1 aromatic carbocycles. The lowest BCUT2D eigenvalue weighted by molar-refractivity contribution is -0.117. The zero-order valence-corrected chi connectivity index (χ0v) is 9.77. The number of carbonyl (C=O) groups excluding carboxylic acids is 1. The minimum Gasteiger partial charge on any atom is -0.305 e. The van der Waals surface area contributed by atoms with Gasteiger partial charge in [0.15, 0.2) is 0 Å². The molecule has 1 aliphatic heterocycles. The van der Waals surface area contributed by atoms with Crippen molar-refractivity contribution in [2.75, 3.05) is 4.90 Å². The Morgan fingerprint density at radius 3 is 2.76 bits per heavy atom. The van der Waals surface area contributed by atoms with Crippen LogP contribution in [0.5, 0.6) is 0 Å². The van der Waals surface area contributed by atoms with Crippen LogP contribution >= 0.6 is 0 Å². The van der Waals surface area contributed by atoms with Gasteiger partial charge in [0.25, 0.3) is 0 Å². The second-order valence-electron chi connectivity index (χ2n) is 4.75. The van der Waals surface area contributed by atoms with E-state index < -0.39 is 5.54 Å². The third-order valence-corrected chi connectivity index (χ3v) is 3.28. The minimum absolute atomic E-state index is 0.132. The highest BCUT2D eigenvalue weighted by Gasteiger charge is 2.47. The van der Waals surface area contributed by atoms with Gasteiger partial charge >= 0.3 is 0 Å². The molecule has 0 bridgehead atoms. The standard InChI is InChI=1S/C13H13FN2O/c1-13(2)9(8-15)6-12(17)16(13)11-5-3-4-10(14)7-11/h3-5,7,9H,6H2,1-2H3. The van der Waals surface area contributed by atoms with Gasteiger partial charge in [0.1, 0.15) is 5.82 Å². The highest BCUT2D eigenvalue weighted by Crippen LogP contribution is 2.38. The van der Waals surface area contributed by atoms with Crippen LogP contribution in [0.15, 0.2) is 24.3 Å². The van der Waals surface area contributed by atoms with Crippen LogP contribution in [-0.4, -0.2) is 11.4 Å². The van der Waals surface area contributed by atoms with Crippen molar-refractivity contribution >= 4 is 11.6 Å². The van der Waals surface area contributed by atoms with Crippen LogP contribution in [0.4, 0.5) is 10.1 Å². The summed E-state index contributed by atoms with van der Waals surface area (Å²) in [6, 6.07) is 8.04. The predicted octanol–water partition coefficient (Wildman–Crippen LogP) is 2.48. The van der Waals surface area contributed by atoms with Crippen molar-refractivity contribution < 1.29 is 9.18 Å². The molecule has 1 heterocycles. The number of nitriles is 1. The van der Waals surface area contributed by atoms with Crippen molar-refractivity contribution in [3.05, 3.63) is 30.1 Å². The van der Waals surface area contributed by atoms with Gasteiger partial charge in [0.2, 0.25) is 5.91 Å². The van der Waals surface area contributed by atoms with Gasteiger partial charge in [-0.2, -0.15) is 5.26 Å². The van der Waals surface area contributed by atoms with Crippen molar-refractivity contribution in [2.24, 2.45) is 5.92 Å². The van der Waals surface area contributed by atoms with Gasteiger partial charge in [-0.15, -0.1) is 0 Å². The second-order valence-corrected chi connectivity index (χ2v) is 4.75. The van der Waals surface area contributed by atoms with Crippen LogP contribution in [0.2, 0.25) is 0 Å². The van der Waals surface area contributed by atoms with Crippen molar-refractivity contribution in [1.29, 1.82) is 5.26 Å². The Labute approximate surface area is 99.5 Å². The van der Waals surface area contributed by atoms with Crippen LogP contribution in [0.25, 0.3) is 0 Å². The fourth-order valence-electron chi connectivity index (χ4n) is 2.29. The van der Waals surface area contributed by atoms with Gasteiger partial charge in [-0.3, -0.25) is 4.79 Å². The average Bonchev–Trinajstić information content (AvgIpc) is 2.48. The van der Waals surface area contributed by atoms with Crippen LogP contribution in [0.1, 0.15) is 20.3 Å². The van der Waals surface area contributed by atoms with E-state index in [0.717, 1.165) is 0 Å². The lowest BCUT2D eigenvalue weighted by Gasteiger charge is -2.33. The molecular weight excluding hydrogens is 219 g/mol. The van der Waals surface area contributed by atoms with Gasteiger partial charge in [-0.1, -0.05) is 6.07 Å². The summed E-state index contributed by atoms with van der Waals surface area (Å²) in [5.74, 6) is -0.878. The molecule has 3 nitrogen and oxygen atoms in total. The SMILES string of the molecule is CC1(C)C(C#N)CC(=O)N1c1cccc(F)c1. The van der Waals surface area contributed by atoms with Crippen LogP contribution in [-0.2, 0) is 4.79 Å². The molecule has 1 unspecified atom stereocenters. The van der Waals surface area contributed by atoms with Gasteiger partial charge in [0.05, 0.1) is 17.5 Å². The molecular formula is C13H13FN2O. The first kappa shape index (κ1) is 11.6. The van der Waals surface area contributed by atoms with E-state index in [1.54, 1.807) is 12.1 Å². The molecule has 0 saturated carbocycles. The Balaban J connectivity index is 2.46. The largest absolute Gasteiger partial charge is 0.305 e. The first-order chi connectivity index (χ1) is 7.96. The van der Waals surface area contributed by atoms with E-state index in [9.17, 15) is 9.18 Å². The number of benzene rings is 1. The Kier molecular flexibility index (Phi) is 2.62. The van der Waals surface area contributed by atoms with E-state index >= 15 is 0 Å². The van der Waals surface area contributed by atoms with E-state index in [1.165, 1.54) is 17.0 Å². The molecule has 88 valence electrons. The number of anilines is 1. The molecule has 0 spiro atoms. The maximum atomic E-state index is 13.2. The van der Waals surface area contributed by atoms with Crippen molar-refractivity contribution in [1.82, 2.24) is 0 Å². The molecule has 1 aromatic rings. The fourth-order valence-corrected chi connectivity index (χ4v) is 2.29. The highest BCUT2D eigenvalue weighted by atomic mass is 19.1. The first-order valence-electron chi connectivity index (χ1n) is 5.45. The smallest absolute Gasteiger partial charge is 0.228 e. The van der Waals surface area contributed by atoms with Crippen LogP contribution in [0, 0.1) is 23.1 Å². The Bertz CT molecular complexity index is 504. The summed E-state index contributed by atoms with van der Waals surface area (Å²) in [7, 11) is 0. The summed E-state index contributed by atoms with van der Waals surface area (Å²) in [6.07, 6.45) is 0.194. The maximum Gasteiger partial charge on any atom is 0.228 e. The predicted molar refractivity (Wildman–Crippen MR) is 61.7 cm³/mol. The number of nitrogens with zero attached hydrogens (tertiary/aromatic N) is 2. The van der Waals surface area contributed by atoms with Crippen molar-refractivity contribution in [2.45, 2.75) is 25.8 Å². The van der Waals surface area contributed by atoms with Gasteiger partial charge in [0, 0.05) is 12.1 Å².